The van der Waals surface area contributed by atoms with Crippen LogP contribution in [0.5, 0.6) is 0 Å². The van der Waals surface area contributed by atoms with Crippen molar-refractivity contribution in [2.75, 3.05) is 13.1 Å². The number of rotatable bonds is 1. The number of fused-ring (bicyclic) bond motifs is 1. The van der Waals surface area contributed by atoms with Gasteiger partial charge in [-0.1, -0.05) is 11.6 Å². The van der Waals surface area contributed by atoms with Gasteiger partial charge in [0.2, 0.25) is 0 Å². The fraction of sp³-hybridized carbons (Fsp3) is 0.357. The molecule has 1 N–H and O–H groups in total. The molecule has 1 aromatic carbocycles. The van der Waals surface area contributed by atoms with Crippen LogP contribution in [-0.4, -0.2) is 35.1 Å². The van der Waals surface area contributed by atoms with Crippen molar-refractivity contribution in [3.8, 4) is 0 Å². The van der Waals surface area contributed by atoms with Gasteiger partial charge in [0.1, 0.15) is 5.58 Å². The highest BCUT2D eigenvalue weighted by Gasteiger charge is 2.24. The first kappa shape index (κ1) is 12.5. The SMILES string of the molecule is O=C(c1cc2cc(Cl)ccc2o1)N1CCC(O)CC1. The molecule has 0 bridgehead atoms. The first-order valence-electron chi connectivity index (χ1n) is 6.30. The van der Waals surface area contributed by atoms with Gasteiger partial charge in [-0.15, -0.1) is 0 Å². The Morgan fingerprint density at radius 3 is 2.79 bits per heavy atom. The number of benzene rings is 1. The normalized spacial score (nSPS) is 17.1. The van der Waals surface area contributed by atoms with Crippen LogP contribution < -0.4 is 0 Å². The summed E-state index contributed by atoms with van der Waals surface area (Å²) in [6, 6.07) is 6.99. The van der Waals surface area contributed by atoms with Gasteiger partial charge in [0.25, 0.3) is 5.91 Å². The molecule has 0 aliphatic carbocycles. The summed E-state index contributed by atoms with van der Waals surface area (Å²) in [4.78, 5) is 14.0. The van der Waals surface area contributed by atoms with Crippen LogP contribution in [0.15, 0.2) is 28.7 Å². The quantitative estimate of drug-likeness (QED) is 0.873. The van der Waals surface area contributed by atoms with Gasteiger partial charge in [0.15, 0.2) is 5.76 Å². The maximum Gasteiger partial charge on any atom is 0.289 e. The van der Waals surface area contributed by atoms with Crippen molar-refractivity contribution < 1.29 is 14.3 Å². The minimum Gasteiger partial charge on any atom is -0.451 e. The third-order valence-corrected chi connectivity index (χ3v) is 3.68. The molecule has 0 atom stereocenters. The first-order chi connectivity index (χ1) is 9.13. The van der Waals surface area contributed by atoms with Crippen LogP contribution in [0.4, 0.5) is 0 Å². The van der Waals surface area contributed by atoms with Gasteiger partial charge in [0.05, 0.1) is 6.10 Å². The van der Waals surface area contributed by atoms with E-state index in [1.54, 1.807) is 29.2 Å². The van der Waals surface area contributed by atoms with Crippen LogP contribution in [-0.2, 0) is 0 Å². The van der Waals surface area contributed by atoms with Crippen molar-refractivity contribution in [1.82, 2.24) is 4.90 Å². The Bertz CT molecular complexity index is 614. The molecule has 1 aromatic heterocycles. The molecule has 2 heterocycles. The van der Waals surface area contributed by atoms with Gasteiger partial charge >= 0.3 is 0 Å². The van der Waals surface area contributed by atoms with Crippen LogP contribution in [0.25, 0.3) is 11.0 Å². The number of hydrogen-bond acceptors (Lipinski definition) is 3. The number of piperidine rings is 1. The van der Waals surface area contributed by atoms with Gasteiger partial charge < -0.3 is 14.4 Å². The van der Waals surface area contributed by atoms with E-state index >= 15 is 0 Å². The molecule has 3 rings (SSSR count). The van der Waals surface area contributed by atoms with Gasteiger partial charge in [-0.2, -0.15) is 0 Å². The van der Waals surface area contributed by atoms with Crippen LogP contribution in [0, 0.1) is 0 Å². The van der Waals surface area contributed by atoms with Crippen molar-refractivity contribution in [3.05, 3.63) is 35.0 Å². The molecule has 0 saturated carbocycles. The fourth-order valence-corrected chi connectivity index (χ4v) is 2.52. The number of likely N-dealkylation sites (tertiary alicyclic amines) is 1. The van der Waals surface area contributed by atoms with Crippen LogP contribution in [0.2, 0.25) is 5.02 Å². The summed E-state index contributed by atoms with van der Waals surface area (Å²) >= 11 is 5.91. The summed E-state index contributed by atoms with van der Waals surface area (Å²) in [6.07, 6.45) is 0.953. The number of aliphatic hydroxyl groups is 1. The van der Waals surface area contributed by atoms with Crippen molar-refractivity contribution in [3.63, 3.8) is 0 Å². The second-order valence-electron chi connectivity index (χ2n) is 4.82. The predicted molar refractivity (Wildman–Crippen MR) is 72.4 cm³/mol. The molecule has 5 heteroatoms. The minimum atomic E-state index is -0.293. The molecule has 4 nitrogen and oxygen atoms in total. The fourth-order valence-electron chi connectivity index (χ4n) is 2.34. The maximum atomic E-state index is 12.3. The van der Waals surface area contributed by atoms with Crippen molar-refractivity contribution in [1.29, 1.82) is 0 Å². The summed E-state index contributed by atoms with van der Waals surface area (Å²) in [7, 11) is 0. The van der Waals surface area contributed by atoms with Crippen LogP contribution >= 0.6 is 11.6 Å². The zero-order valence-corrected chi connectivity index (χ0v) is 11.1. The van der Waals surface area contributed by atoms with E-state index in [9.17, 15) is 9.90 Å². The van der Waals surface area contributed by atoms with E-state index in [2.05, 4.69) is 0 Å². The van der Waals surface area contributed by atoms with E-state index in [1.807, 2.05) is 0 Å². The lowest BCUT2D eigenvalue weighted by atomic mass is 10.1. The van der Waals surface area contributed by atoms with E-state index in [4.69, 9.17) is 16.0 Å². The third kappa shape index (κ3) is 2.46. The molecular formula is C14H14ClNO3. The molecule has 19 heavy (non-hydrogen) atoms. The Morgan fingerprint density at radius 2 is 2.05 bits per heavy atom. The van der Waals surface area contributed by atoms with Crippen LogP contribution in [0.3, 0.4) is 0 Å². The average Bonchev–Trinajstić information content (AvgIpc) is 2.81. The second-order valence-corrected chi connectivity index (χ2v) is 5.25. The number of carbonyl (C=O) groups excluding carboxylic acids is 1. The smallest absolute Gasteiger partial charge is 0.289 e. The van der Waals surface area contributed by atoms with Crippen molar-refractivity contribution >= 4 is 28.5 Å². The zero-order valence-electron chi connectivity index (χ0n) is 10.3. The van der Waals surface area contributed by atoms with E-state index in [0.717, 1.165) is 5.39 Å². The Morgan fingerprint density at radius 1 is 1.32 bits per heavy atom. The summed E-state index contributed by atoms with van der Waals surface area (Å²) in [5.74, 6) is 0.202. The lowest BCUT2D eigenvalue weighted by Crippen LogP contribution is -2.39. The van der Waals surface area contributed by atoms with Gasteiger partial charge in [-0.3, -0.25) is 4.79 Å². The standard InChI is InChI=1S/C14H14ClNO3/c15-10-1-2-12-9(7-10)8-13(19-12)14(18)16-5-3-11(17)4-6-16/h1-2,7-8,11,17H,3-6H2. The van der Waals surface area contributed by atoms with Gasteiger partial charge in [-0.25, -0.2) is 0 Å². The molecule has 1 amide bonds. The Balaban J connectivity index is 1.85. The molecular weight excluding hydrogens is 266 g/mol. The van der Waals surface area contributed by atoms with E-state index < -0.39 is 0 Å². The summed E-state index contributed by atoms with van der Waals surface area (Å²) in [5, 5.41) is 10.9. The molecule has 100 valence electrons. The highest BCUT2D eigenvalue weighted by atomic mass is 35.5. The van der Waals surface area contributed by atoms with Crippen molar-refractivity contribution in [2.24, 2.45) is 0 Å². The molecule has 1 aliphatic heterocycles. The third-order valence-electron chi connectivity index (χ3n) is 3.44. The number of amides is 1. The zero-order chi connectivity index (χ0) is 13.4. The summed E-state index contributed by atoms with van der Waals surface area (Å²) in [5.41, 5.74) is 0.657. The predicted octanol–water partition coefficient (Wildman–Crippen LogP) is 2.68. The van der Waals surface area contributed by atoms with E-state index in [1.165, 1.54) is 0 Å². The average molecular weight is 280 g/mol. The Hall–Kier alpha value is -1.52. The lowest BCUT2D eigenvalue weighted by Gasteiger charge is -2.28. The molecule has 1 saturated heterocycles. The molecule has 2 aromatic rings. The van der Waals surface area contributed by atoms with E-state index in [0.29, 0.717) is 42.3 Å². The number of nitrogens with zero attached hydrogens (tertiary/aromatic N) is 1. The first-order valence-corrected chi connectivity index (χ1v) is 6.68. The van der Waals surface area contributed by atoms with Crippen LogP contribution in [0.1, 0.15) is 23.4 Å². The summed E-state index contributed by atoms with van der Waals surface area (Å²) in [6.45, 7) is 1.13. The molecule has 0 unspecified atom stereocenters. The summed E-state index contributed by atoms with van der Waals surface area (Å²) < 4.78 is 5.55. The highest BCUT2D eigenvalue weighted by molar-refractivity contribution is 6.31. The lowest BCUT2D eigenvalue weighted by molar-refractivity contribution is 0.0522. The highest BCUT2D eigenvalue weighted by Crippen LogP contribution is 2.24. The minimum absolute atomic E-state index is 0.126. The van der Waals surface area contributed by atoms with Gasteiger partial charge in [0, 0.05) is 23.5 Å². The van der Waals surface area contributed by atoms with Gasteiger partial charge in [-0.05, 0) is 37.1 Å². The monoisotopic (exact) mass is 279 g/mol. The Labute approximate surface area is 115 Å². The van der Waals surface area contributed by atoms with E-state index in [-0.39, 0.29) is 12.0 Å². The number of hydrogen-bond donors (Lipinski definition) is 1. The Kier molecular flexibility index (Phi) is 3.21. The molecule has 1 aliphatic rings. The number of furan rings is 1. The topological polar surface area (TPSA) is 53.7 Å². The molecule has 1 fully saturated rings. The molecule has 0 radical (unpaired) electrons. The largest absolute Gasteiger partial charge is 0.451 e. The second kappa shape index (κ2) is 4.87. The number of aliphatic hydroxyl groups excluding tert-OH is 1. The maximum absolute atomic E-state index is 12.3. The molecule has 0 spiro atoms. The number of carbonyl (C=O) groups is 1. The van der Waals surface area contributed by atoms with Crippen molar-refractivity contribution in [2.45, 2.75) is 18.9 Å². The number of halogens is 1.